The Morgan fingerprint density at radius 1 is 0.944 bits per heavy atom. The first kappa shape index (κ1) is 24.9. The molecule has 0 aliphatic carbocycles. The molecule has 0 spiro atoms. The predicted octanol–water partition coefficient (Wildman–Crippen LogP) is 5.74. The Morgan fingerprint density at radius 3 is 2.33 bits per heavy atom. The van der Waals surface area contributed by atoms with Gasteiger partial charge in [-0.05, 0) is 54.8 Å². The molecule has 4 aromatic rings. The minimum absolute atomic E-state index is 0.0599. The van der Waals surface area contributed by atoms with Crippen LogP contribution in [0.2, 0.25) is 0 Å². The van der Waals surface area contributed by atoms with E-state index in [9.17, 15) is 14.7 Å². The van der Waals surface area contributed by atoms with Gasteiger partial charge in [0.2, 0.25) is 0 Å². The van der Waals surface area contributed by atoms with Crippen LogP contribution in [-0.4, -0.2) is 36.2 Å². The number of methoxy groups -OCH3 is 2. The summed E-state index contributed by atoms with van der Waals surface area (Å²) in [5.41, 5.74) is 5.11. The van der Waals surface area contributed by atoms with Crippen LogP contribution in [0.5, 0.6) is 11.5 Å². The summed E-state index contributed by atoms with van der Waals surface area (Å²) in [5.74, 6) is -0.398. The number of ether oxygens (including phenoxy) is 2. The van der Waals surface area contributed by atoms with Crippen LogP contribution < -0.4 is 14.8 Å². The van der Waals surface area contributed by atoms with E-state index in [2.05, 4.69) is 10.3 Å². The largest absolute Gasteiger partial charge is 0.497 e. The van der Waals surface area contributed by atoms with E-state index in [-0.39, 0.29) is 23.8 Å². The molecule has 8 heteroatoms. The Hall–Kier alpha value is -4.17. The van der Waals surface area contributed by atoms with Gasteiger partial charge < -0.3 is 19.9 Å². The van der Waals surface area contributed by atoms with Crippen molar-refractivity contribution in [2.24, 2.45) is 0 Å². The second-order valence-corrected chi connectivity index (χ2v) is 9.22. The number of hydrogen-bond acceptors (Lipinski definition) is 6. The smallest absolute Gasteiger partial charge is 0.339 e. The van der Waals surface area contributed by atoms with E-state index >= 15 is 0 Å². The minimum Gasteiger partial charge on any atom is -0.497 e. The number of aromatic nitrogens is 1. The summed E-state index contributed by atoms with van der Waals surface area (Å²) >= 11 is 1.35. The number of rotatable bonds is 8. The van der Waals surface area contributed by atoms with Crippen LogP contribution in [-0.2, 0) is 6.54 Å². The lowest BCUT2D eigenvalue weighted by Crippen LogP contribution is -2.23. The maximum atomic E-state index is 13.1. The Kier molecular flexibility index (Phi) is 7.36. The van der Waals surface area contributed by atoms with Crippen molar-refractivity contribution < 1.29 is 24.2 Å². The van der Waals surface area contributed by atoms with Crippen LogP contribution in [0, 0.1) is 13.8 Å². The summed E-state index contributed by atoms with van der Waals surface area (Å²) in [5, 5.41) is 13.4. The topological polar surface area (TPSA) is 97.8 Å². The number of aromatic carboxylic acids is 1. The lowest BCUT2D eigenvalue weighted by molar-refractivity contribution is 0.0693. The van der Waals surface area contributed by atoms with Crippen LogP contribution >= 0.6 is 11.3 Å². The third kappa shape index (κ3) is 5.23. The number of amides is 1. The highest BCUT2D eigenvalue weighted by atomic mass is 32.1. The summed E-state index contributed by atoms with van der Waals surface area (Å²) in [6.45, 7) is 4.07. The van der Waals surface area contributed by atoms with E-state index in [1.807, 2.05) is 50.2 Å². The molecule has 0 radical (unpaired) electrons. The molecular formula is C28H26N2O5S. The molecule has 0 aliphatic rings. The number of nitrogens with one attached hydrogen (secondary N) is 1. The van der Waals surface area contributed by atoms with Gasteiger partial charge >= 0.3 is 5.97 Å². The van der Waals surface area contributed by atoms with Crippen LogP contribution in [0.25, 0.3) is 21.7 Å². The fourth-order valence-electron chi connectivity index (χ4n) is 3.85. The number of hydrogen-bond donors (Lipinski definition) is 2. The average Bonchev–Trinajstić information content (AvgIpc) is 3.28. The van der Waals surface area contributed by atoms with Gasteiger partial charge in [0.15, 0.2) is 0 Å². The molecule has 184 valence electrons. The molecule has 0 fully saturated rings. The van der Waals surface area contributed by atoms with Crippen molar-refractivity contribution in [1.29, 1.82) is 0 Å². The van der Waals surface area contributed by atoms with Crippen molar-refractivity contribution >= 4 is 23.2 Å². The first-order chi connectivity index (χ1) is 17.3. The molecule has 0 bridgehead atoms. The quantitative estimate of drug-likeness (QED) is 0.319. The standard InChI is InChI=1S/C28H26N2O5S/c1-16-5-7-18(8-6-16)27-30-17(2)25(36-27)26(31)29-15-20-13-21(34-3)10-11-22(20)19-9-12-24(35-4)23(14-19)28(32)33/h5-14H,15H2,1-4H3,(H,29,31)(H,32,33). The van der Waals surface area contributed by atoms with Crippen LogP contribution in [0.3, 0.4) is 0 Å². The summed E-state index contributed by atoms with van der Waals surface area (Å²) in [4.78, 5) is 30.0. The van der Waals surface area contributed by atoms with Gasteiger partial charge in [0.1, 0.15) is 26.9 Å². The molecule has 1 heterocycles. The number of carbonyl (C=O) groups is 2. The van der Waals surface area contributed by atoms with Gasteiger partial charge in [-0.1, -0.05) is 42.0 Å². The van der Waals surface area contributed by atoms with Gasteiger partial charge in [-0.25, -0.2) is 9.78 Å². The number of carboxylic acids is 1. The van der Waals surface area contributed by atoms with Crippen molar-refractivity contribution in [3.63, 3.8) is 0 Å². The molecule has 7 nitrogen and oxygen atoms in total. The highest BCUT2D eigenvalue weighted by Gasteiger charge is 2.18. The van der Waals surface area contributed by atoms with E-state index in [4.69, 9.17) is 9.47 Å². The molecule has 0 saturated carbocycles. The number of carboxylic acid groups (broad SMARTS) is 1. The maximum Gasteiger partial charge on any atom is 0.339 e. The van der Waals surface area contributed by atoms with Crippen molar-refractivity contribution in [2.75, 3.05) is 14.2 Å². The third-order valence-corrected chi connectivity index (χ3v) is 7.00. The van der Waals surface area contributed by atoms with Crippen molar-refractivity contribution in [1.82, 2.24) is 10.3 Å². The Balaban J connectivity index is 1.61. The van der Waals surface area contributed by atoms with Gasteiger partial charge in [0, 0.05) is 12.1 Å². The molecule has 1 amide bonds. The van der Waals surface area contributed by atoms with Gasteiger partial charge in [-0.2, -0.15) is 0 Å². The summed E-state index contributed by atoms with van der Waals surface area (Å²) in [6.07, 6.45) is 0. The summed E-state index contributed by atoms with van der Waals surface area (Å²) in [7, 11) is 3.00. The fraction of sp³-hybridized carbons (Fsp3) is 0.179. The van der Waals surface area contributed by atoms with E-state index < -0.39 is 5.97 Å². The second kappa shape index (κ2) is 10.6. The lowest BCUT2D eigenvalue weighted by Gasteiger charge is -2.14. The zero-order valence-electron chi connectivity index (χ0n) is 20.4. The highest BCUT2D eigenvalue weighted by Crippen LogP contribution is 2.32. The molecular weight excluding hydrogens is 476 g/mol. The van der Waals surface area contributed by atoms with E-state index in [0.717, 1.165) is 27.3 Å². The molecule has 3 aromatic carbocycles. The fourth-order valence-corrected chi connectivity index (χ4v) is 4.84. The zero-order valence-corrected chi connectivity index (χ0v) is 21.2. The molecule has 4 rings (SSSR count). The molecule has 1 aromatic heterocycles. The Bertz CT molecular complexity index is 1430. The maximum absolute atomic E-state index is 13.1. The molecule has 0 aliphatic heterocycles. The number of thiazole rings is 1. The van der Waals surface area contributed by atoms with E-state index in [1.165, 1.54) is 18.4 Å². The lowest BCUT2D eigenvalue weighted by atomic mass is 9.97. The molecule has 36 heavy (non-hydrogen) atoms. The van der Waals surface area contributed by atoms with Crippen molar-refractivity contribution in [2.45, 2.75) is 20.4 Å². The number of nitrogens with zero attached hydrogens (tertiary/aromatic N) is 1. The monoisotopic (exact) mass is 502 g/mol. The van der Waals surface area contributed by atoms with E-state index in [0.29, 0.717) is 21.9 Å². The highest BCUT2D eigenvalue weighted by molar-refractivity contribution is 7.17. The first-order valence-electron chi connectivity index (χ1n) is 11.2. The van der Waals surface area contributed by atoms with Crippen LogP contribution in [0.15, 0.2) is 60.7 Å². The first-order valence-corrected chi connectivity index (χ1v) is 12.0. The number of benzene rings is 3. The SMILES string of the molecule is COc1ccc(-c2ccc(OC)c(C(=O)O)c2)c(CNC(=O)c2sc(-c3ccc(C)cc3)nc2C)c1. The zero-order chi connectivity index (χ0) is 25.8. The Morgan fingerprint density at radius 2 is 1.67 bits per heavy atom. The van der Waals surface area contributed by atoms with Gasteiger partial charge in [-0.3, -0.25) is 4.79 Å². The molecule has 0 atom stereocenters. The summed E-state index contributed by atoms with van der Waals surface area (Å²) in [6, 6.07) is 18.5. The second-order valence-electron chi connectivity index (χ2n) is 8.23. The summed E-state index contributed by atoms with van der Waals surface area (Å²) < 4.78 is 10.6. The van der Waals surface area contributed by atoms with Crippen molar-refractivity contribution in [3.8, 4) is 33.2 Å². The van der Waals surface area contributed by atoms with Gasteiger partial charge in [-0.15, -0.1) is 11.3 Å². The normalized spacial score (nSPS) is 10.7. The predicted molar refractivity (Wildman–Crippen MR) is 140 cm³/mol. The third-order valence-electron chi connectivity index (χ3n) is 5.79. The minimum atomic E-state index is -1.08. The van der Waals surface area contributed by atoms with Crippen LogP contribution in [0.1, 0.15) is 36.9 Å². The van der Waals surface area contributed by atoms with Gasteiger partial charge in [0.05, 0.1) is 19.9 Å². The van der Waals surface area contributed by atoms with Crippen molar-refractivity contribution in [3.05, 3.63) is 87.9 Å². The number of carbonyl (C=O) groups excluding carboxylic acids is 1. The Labute approximate surface area is 213 Å². The van der Waals surface area contributed by atoms with E-state index in [1.54, 1.807) is 31.4 Å². The molecule has 0 saturated heterocycles. The average molecular weight is 503 g/mol. The van der Waals surface area contributed by atoms with Crippen LogP contribution in [0.4, 0.5) is 0 Å². The molecule has 2 N–H and O–H groups in total. The molecule has 0 unspecified atom stereocenters. The number of aryl methyl sites for hydroxylation is 2. The van der Waals surface area contributed by atoms with Gasteiger partial charge in [0.25, 0.3) is 5.91 Å².